The van der Waals surface area contributed by atoms with E-state index in [1.165, 1.54) is 18.2 Å². The number of alkyl halides is 2. The van der Waals surface area contributed by atoms with E-state index in [2.05, 4.69) is 5.32 Å². The second-order valence-electron chi connectivity index (χ2n) is 4.42. The van der Waals surface area contributed by atoms with Gasteiger partial charge in [0.15, 0.2) is 0 Å². The van der Waals surface area contributed by atoms with Crippen molar-refractivity contribution in [2.75, 3.05) is 19.6 Å². The molecule has 0 atom stereocenters. The number of carbonyl (C=O) groups excluding carboxylic acids is 2. The van der Waals surface area contributed by atoms with E-state index in [-0.39, 0.29) is 18.8 Å². The minimum Gasteiger partial charge on any atom is -0.348 e. The van der Waals surface area contributed by atoms with Crippen molar-refractivity contribution in [2.24, 2.45) is 5.73 Å². The fourth-order valence-corrected chi connectivity index (χ4v) is 1.44. The van der Waals surface area contributed by atoms with Gasteiger partial charge in [-0.1, -0.05) is 12.1 Å². The van der Waals surface area contributed by atoms with Crippen molar-refractivity contribution in [3.63, 3.8) is 0 Å². The Hall–Kier alpha value is -1.80. The monoisotopic (exact) mass is 339 g/mol. The lowest BCUT2D eigenvalue weighted by Crippen LogP contribution is -2.45. The van der Waals surface area contributed by atoms with E-state index in [0.717, 1.165) is 0 Å². The maximum Gasteiger partial charge on any atom is 0.277 e. The van der Waals surface area contributed by atoms with Crippen LogP contribution in [0, 0.1) is 5.82 Å². The first-order valence-electron chi connectivity index (χ1n) is 6.18. The highest BCUT2D eigenvalue weighted by molar-refractivity contribution is 5.86. The molecule has 124 valence electrons. The lowest BCUT2D eigenvalue weighted by atomic mass is 10.1. The molecule has 0 spiro atoms. The highest BCUT2D eigenvalue weighted by Gasteiger charge is 2.27. The second kappa shape index (κ2) is 9.26. The molecule has 0 saturated heterocycles. The van der Waals surface area contributed by atoms with Crippen LogP contribution in [0.1, 0.15) is 5.56 Å². The van der Waals surface area contributed by atoms with Crippen molar-refractivity contribution in [3.8, 4) is 0 Å². The number of halogens is 4. The number of hydrogen-bond donors (Lipinski definition) is 3. The molecule has 22 heavy (non-hydrogen) atoms. The maximum absolute atomic E-state index is 12.9. The van der Waals surface area contributed by atoms with E-state index in [1.54, 1.807) is 6.07 Å². The number of nitrogens with one attached hydrogen (secondary N) is 2. The average Bonchev–Trinajstić information content (AvgIpc) is 2.43. The summed E-state index contributed by atoms with van der Waals surface area (Å²) in [7, 11) is 0. The summed E-state index contributed by atoms with van der Waals surface area (Å²) in [5, 5.41) is 4.21. The minimum absolute atomic E-state index is 0. The Morgan fingerprint density at radius 2 is 1.86 bits per heavy atom. The molecular formula is C13H17ClF3N3O2. The first kappa shape index (κ1) is 20.2. The molecule has 0 aliphatic carbocycles. The van der Waals surface area contributed by atoms with Crippen molar-refractivity contribution in [1.29, 1.82) is 0 Å². The number of benzene rings is 1. The highest BCUT2D eigenvalue weighted by Crippen LogP contribution is 2.08. The molecule has 0 aliphatic rings. The van der Waals surface area contributed by atoms with Crippen LogP contribution < -0.4 is 16.4 Å². The lowest BCUT2D eigenvalue weighted by Gasteiger charge is -2.14. The maximum atomic E-state index is 12.9. The molecule has 0 unspecified atom stereocenters. The standard InChI is InChI=1S/C13H16F3N3O2.ClH/c14-10-3-1-2-9(4-10)5-11(20)18-6-12(21)19-8-13(15,16)7-17;/h1-4H,5-8,17H2,(H,18,20)(H,19,21);1H. The van der Waals surface area contributed by atoms with Crippen molar-refractivity contribution >= 4 is 24.2 Å². The number of rotatable bonds is 7. The van der Waals surface area contributed by atoms with E-state index in [9.17, 15) is 22.8 Å². The number of carbonyl (C=O) groups is 2. The van der Waals surface area contributed by atoms with Gasteiger partial charge in [-0.15, -0.1) is 12.4 Å². The normalized spacial score (nSPS) is 10.5. The first-order chi connectivity index (χ1) is 9.82. The summed E-state index contributed by atoms with van der Waals surface area (Å²) in [6.45, 7) is -2.20. The van der Waals surface area contributed by atoms with Gasteiger partial charge < -0.3 is 16.4 Å². The zero-order chi connectivity index (χ0) is 15.9. The van der Waals surface area contributed by atoms with Gasteiger partial charge in [0.1, 0.15) is 5.82 Å². The molecule has 0 radical (unpaired) electrons. The molecule has 9 heteroatoms. The smallest absolute Gasteiger partial charge is 0.277 e. The predicted octanol–water partition coefficient (Wildman–Crippen LogP) is 0.616. The SMILES string of the molecule is Cl.NCC(F)(F)CNC(=O)CNC(=O)Cc1cccc(F)c1. The molecule has 0 aliphatic heterocycles. The van der Waals surface area contributed by atoms with Crippen LogP contribution in [-0.4, -0.2) is 37.4 Å². The van der Waals surface area contributed by atoms with Gasteiger partial charge in [-0.25, -0.2) is 13.2 Å². The summed E-state index contributed by atoms with van der Waals surface area (Å²) >= 11 is 0. The van der Waals surface area contributed by atoms with Crippen molar-refractivity contribution in [1.82, 2.24) is 10.6 Å². The molecule has 0 aromatic heterocycles. The zero-order valence-corrected chi connectivity index (χ0v) is 12.4. The van der Waals surface area contributed by atoms with Crippen molar-refractivity contribution in [2.45, 2.75) is 12.3 Å². The third-order valence-corrected chi connectivity index (χ3v) is 2.54. The van der Waals surface area contributed by atoms with Gasteiger partial charge >= 0.3 is 0 Å². The third kappa shape index (κ3) is 7.84. The second-order valence-corrected chi connectivity index (χ2v) is 4.42. The molecular weight excluding hydrogens is 323 g/mol. The summed E-state index contributed by atoms with van der Waals surface area (Å²) < 4.78 is 38.4. The Bertz CT molecular complexity index is 515. The van der Waals surface area contributed by atoms with Crippen LogP contribution >= 0.6 is 12.4 Å². The van der Waals surface area contributed by atoms with Gasteiger partial charge in [0.05, 0.1) is 26.1 Å². The van der Waals surface area contributed by atoms with Crippen molar-refractivity contribution in [3.05, 3.63) is 35.6 Å². The van der Waals surface area contributed by atoms with Crippen LogP contribution in [0.5, 0.6) is 0 Å². The van der Waals surface area contributed by atoms with Crippen LogP contribution in [0.15, 0.2) is 24.3 Å². The van der Waals surface area contributed by atoms with E-state index < -0.39 is 43.2 Å². The highest BCUT2D eigenvalue weighted by atomic mass is 35.5. The molecule has 1 aromatic carbocycles. The summed E-state index contributed by atoms with van der Waals surface area (Å²) in [6.07, 6.45) is -0.107. The van der Waals surface area contributed by atoms with Crippen LogP contribution in [0.3, 0.4) is 0 Å². The Morgan fingerprint density at radius 1 is 1.18 bits per heavy atom. The molecule has 0 saturated carbocycles. The molecule has 0 fully saturated rings. The zero-order valence-electron chi connectivity index (χ0n) is 11.6. The van der Waals surface area contributed by atoms with Crippen LogP contribution in [0.2, 0.25) is 0 Å². The van der Waals surface area contributed by atoms with Gasteiger partial charge in [0.2, 0.25) is 11.8 Å². The van der Waals surface area contributed by atoms with Crippen LogP contribution in [-0.2, 0) is 16.0 Å². The molecule has 2 amide bonds. The Labute approximate surface area is 131 Å². The quantitative estimate of drug-likeness (QED) is 0.681. The van der Waals surface area contributed by atoms with Gasteiger partial charge in [-0.2, -0.15) is 0 Å². The molecule has 0 bridgehead atoms. The lowest BCUT2D eigenvalue weighted by molar-refractivity contribution is -0.126. The number of nitrogens with two attached hydrogens (primary N) is 1. The van der Waals surface area contributed by atoms with E-state index >= 15 is 0 Å². The average molecular weight is 340 g/mol. The summed E-state index contributed by atoms with van der Waals surface area (Å²) in [5.74, 6) is -4.92. The molecule has 1 aromatic rings. The molecule has 1 rings (SSSR count). The van der Waals surface area contributed by atoms with Gasteiger partial charge in [0, 0.05) is 0 Å². The minimum atomic E-state index is -3.18. The Morgan fingerprint density at radius 3 is 2.45 bits per heavy atom. The first-order valence-corrected chi connectivity index (χ1v) is 6.18. The number of amides is 2. The fraction of sp³-hybridized carbons (Fsp3) is 0.385. The van der Waals surface area contributed by atoms with Crippen LogP contribution in [0.4, 0.5) is 13.2 Å². The topological polar surface area (TPSA) is 84.2 Å². The molecule has 4 N–H and O–H groups in total. The predicted molar refractivity (Wildman–Crippen MR) is 77.4 cm³/mol. The summed E-state index contributed by atoms with van der Waals surface area (Å²) in [6, 6.07) is 5.46. The van der Waals surface area contributed by atoms with Crippen molar-refractivity contribution < 1.29 is 22.8 Å². The summed E-state index contributed by atoms with van der Waals surface area (Å²) in [5.41, 5.74) is 5.26. The van der Waals surface area contributed by atoms with E-state index in [4.69, 9.17) is 5.73 Å². The van der Waals surface area contributed by atoms with E-state index in [0.29, 0.717) is 5.56 Å². The summed E-state index contributed by atoms with van der Waals surface area (Å²) in [4.78, 5) is 22.8. The Balaban J connectivity index is 0.00000441. The number of hydrogen-bond acceptors (Lipinski definition) is 3. The van der Waals surface area contributed by atoms with Gasteiger partial charge in [0.25, 0.3) is 5.92 Å². The van der Waals surface area contributed by atoms with Crippen LogP contribution in [0.25, 0.3) is 0 Å². The molecule has 0 heterocycles. The van der Waals surface area contributed by atoms with Gasteiger partial charge in [-0.3, -0.25) is 9.59 Å². The van der Waals surface area contributed by atoms with E-state index in [1.807, 2.05) is 5.32 Å². The largest absolute Gasteiger partial charge is 0.348 e. The fourth-order valence-electron chi connectivity index (χ4n) is 1.44. The molecule has 5 nitrogen and oxygen atoms in total. The Kier molecular flexibility index (Phi) is 8.51. The van der Waals surface area contributed by atoms with Gasteiger partial charge in [-0.05, 0) is 17.7 Å². The third-order valence-electron chi connectivity index (χ3n) is 2.54.